The first-order chi connectivity index (χ1) is 9.60. The van der Waals surface area contributed by atoms with Crippen LogP contribution in [0.25, 0.3) is 0 Å². The van der Waals surface area contributed by atoms with Crippen LogP contribution in [-0.2, 0) is 4.79 Å². The Hall–Kier alpha value is -2.25. The number of guanidine groups is 1. The molecule has 0 aromatic heterocycles. The molecule has 0 saturated carbocycles. The molecule has 0 atom stereocenters. The van der Waals surface area contributed by atoms with Gasteiger partial charge in [0.15, 0.2) is 23.4 Å². The summed E-state index contributed by atoms with van der Waals surface area (Å²) in [5.41, 5.74) is 4.77. The number of aliphatic imine (C=N–C) groups is 1. The van der Waals surface area contributed by atoms with Gasteiger partial charge in [-0.25, -0.2) is 18.2 Å². The molecular weight excluding hydrogens is 285 g/mol. The molecule has 0 fully saturated rings. The molecule has 1 amide bonds. The Labute approximate surface area is 120 Å². The molecule has 1 aromatic rings. The van der Waals surface area contributed by atoms with Crippen molar-refractivity contribution >= 4 is 17.6 Å². The second-order valence-electron chi connectivity index (χ2n) is 5.35. The summed E-state index contributed by atoms with van der Waals surface area (Å²) >= 11 is 0. The van der Waals surface area contributed by atoms with Crippen LogP contribution >= 0.6 is 0 Å². The number of benzene rings is 1. The zero-order valence-electron chi connectivity index (χ0n) is 11.9. The molecule has 4 N–H and O–H groups in total. The third-order valence-corrected chi connectivity index (χ3v) is 2.21. The number of carbonyl (C=O) groups excluding carboxylic acids is 1. The lowest BCUT2D eigenvalue weighted by Crippen LogP contribution is -2.45. The number of halogens is 3. The molecule has 0 radical (unpaired) electrons. The fourth-order valence-electron chi connectivity index (χ4n) is 1.39. The van der Waals surface area contributed by atoms with E-state index in [0.717, 1.165) is 6.07 Å². The van der Waals surface area contributed by atoms with E-state index in [-0.39, 0.29) is 18.0 Å². The van der Waals surface area contributed by atoms with E-state index in [9.17, 15) is 18.0 Å². The van der Waals surface area contributed by atoms with E-state index in [1.54, 1.807) is 0 Å². The van der Waals surface area contributed by atoms with Gasteiger partial charge in [-0.3, -0.25) is 4.79 Å². The summed E-state index contributed by atoms with van der Waals surface area (Å²) in [4.78, 5) is 15.3. The van der Waals surface area contributed by atoms with Gasteiger partial charge in [0.25, 0.3) is 0 Å². The first-order valence-corrected chi connectivity index (χ1v) is 6.11. The highest BCUT2D eigenvalue weighted by atomic mass is 19.2. The number of anilines is 1. The highest BCUT2D eigenvalue weighted by Crippen LogP contribution is 2.19. The average Bonchev–Trinajstić information content (AvgIpc) is 2.35. The van der Waals surface area contributed by atoms with Crippen molar-refractivity contribution in [2.24, 2.45) is 10.7 Å². The molecule has 21 heavy (non-hydrogen) atoms. The largest absolute Gasteiger partial charge is 0.370 e. The Morgan fingerprint density at radius 2 is 1.86 bits per heavy atom. The Morgan fingerprint density at radius 1 is 1.24 bits per heavy atom. The van der Waals surface area contributed by atoms with Crippen LogP contribution in [0.5, 0.6) is 0 Å². The van der Waals surface area contributed by atoms with Gasteiger partial charge in [0, 0.05) is 5.54 Å². The van der Waals surface area contributed by atoms with Crippen molar-refractivity contribution in [2.75, 3.05) is 11.9 Å². The van der Waals surface area contributed by atoms with Crippen molar-refractivity contribution in [3.63, 3.8) is 0 Å². The zero-order valence-corrected chi connectivity index (χ0v) is 11.9. The summed E-state index contributed by atoms with van der Waals surface area (Å²) in [6, 6.07) is 1.64. The Kier molecular flexibility index (Phi) is 5.17. The lowest BCUT2D eigenvalue weighted by molar-refractivity contribution is -0.114. The van der Waals surface area contributed by atoms with Crippen molar-refractivity contribution in [3.05, 3.63) is 29.6 Å². The molecule has 0 unspecified atom stereocenters. The van der Waals surface area contributed by atoms with Crippen LogP contribution in [0.4, 0.5) is 18.9 Å². The van der Waals surface area contributed by atoms with E-state index in [1.165, 1.54) is 0 Å². The lowest BCUT2D eigenvalue weighted by Gasteiger charge is -2.20. The normalized spacial score (nSPS) is 12.2. The monoisotopic (exact) mass is 302 g/mol. The molecule has 0 aliphatic heterocycles. The van der Waals surface area contributed by atoms with Crippen LogP contribution in [-0.4, -0.2) is 24.0 Å². The zero-order chi connectivity index (χ0) is 16.2. The number of amides is 1. The maximum absolute atomic E-state index is 13.3. The Morgan fingerprint density at radius 3 is 2.43 bits per heavy atom. The van der Waals surface area contributed by atoms with Crippen molar-refractivity contribution < 1.29 is 18.0 Å². The quantitative estimate of drug-likeness (QED) is 0.452. The third-order valence-electron chi connectivity index (χ3n) is 2.21. The van der Waals surface area contributed by atoms with Crippen LogP contribution in [0.2, 0.25) is 0 Å². The number of hydrogen-bond donors (Lipinski definition) is 3. The minimum atomic E-state index is -1.65. The van der Waals surface area contributed by atoms with E-state index >= 15 is 0 Å². The second kappa shape index (κ2) is 6.47. The topological polar surface area (TPSA) is 79.5 Å². The van der Waals surface area contributed by atoms with Gasteiger partial charge in [-0.2, -0.15) is 0 Å². The smallest absolute Gasteiger partial charge is 0.246 e. The van der Waals surface area contributed by atoms with Crippen LogP contribution in [0.15, 0.2) is 17.1 Å². The van der Waals surface area contributed by atoms with Gasteiger partial charge in [0.2, 0.25) is 5.91 Å². The van der Waals surface area contributed by atoms with Gasteiger partial charge >= 0.3 is 0 Å². The highest BCUT2D eigenvalue weighted by Gasteiger charge is 2.15. The summed E-state index contributed by atoms with van der Waals surface area (Å²) in [5, 5.41) is 4.92. The molecule has 0 bridgehead atoms. The van der Waals surface area contributed by atoms with Crippen LogP contribution in [0, 0.1) is 17.5 Å². The minimum Gasteiger partial charge on any atom is -0.370 e. The fourth-order valence-corrected chi connectivity index (χ4v) is 1.39. The molecule has 0 heterocycles. The number of nitrogens with one attached hydrogen (secondary N) is 2. The molecule has 0 aliphatic rings. The summed E-state index contributed by atoms with van der Waals surface area (Å²) in [5.74, 6) is -5.11. The SMILES string of the molecule is CC(C)(C)NC(N)=NCC(=O)Nc1ccc(F)c(F)c1F. The second-order valence-corrected chi connectivity index (χ2v) is 5.35. The third kappa shape index (κ3) is 5.33. The van der Waals surface area contributed by atoms with E-state index < -0.39 is 29.0 Å². The van der Waals surface area contributed by atoms with Gasteiger partial charge in [-0.1, -0.05) is 0 Å². The van der Waals surface area contributed by atoms with E-state index in [0.29, 0.717) is 6.07 Å². The molecule has 0 aliphatic carbocycles. The summed E-state index contributed by atoms with van der Waals surface area (Å²) in [6.07, 6.45) is 0. The van der Waals surface area contributed by atoms with Crippen molar-refractivity contribution in [1.29, 1.82) is 0 Å². The summed E-state index contributed by atoms with van der Waals surface area (Å²) in [7, 11) is 0. The molecular formula is C13H17F3N4O. The number of nitrogens with zero attached hydrogens (tertiary/aromatic N) is 1. The molecule has 0 spiro atoms. The summed E-state index contributed by atoms with van der Waals surface area (Å²) in [6.45, 7) is 5.18. The van der Waals surface area contributed by atoms with Gasteiger partial charge in [0.05, 0.1) is 5.69 Å². The molecule has 1 rings (SSSR count). The first kappa shape index (κ1) is 16.8. The van der Waals surface area contributed by atoms with Crippen LogP contribution in [0.1, 0.15) is 20.8 Å². The summed E-state index contributed by atoms with van der Waals surface area (Å²) < 4.78 is 39.1. The maximum atomic E-state index is 13.3. The molecule has 8 heteroatoms. The van der Waals surface area contributed by atoms with Crippen molar-refractivity contribution in [3.8, 4) is 0 Å². The predicted molar refractivity (Wildman–Crippen MR) is 74.3 cm³/mol. The molecule has 5 nitrogen and oxygen atoms in total. The standard InChI is InChI=1S/C13H17F3N4O/c1-13(2,3)20-12(17)18-6-9(21)19-8-5-4-7(14)10(15)11(8)16/h4-5H,6H2,1-3H3,(H,19,21)(H3,17,18,20). The highest BCUT2D eigenvalue weighted by molar-refractivity contribution is 5.94. The van der Waals surface area contributed by atoms with Crippen molar-refractivity contribution in [2.45, 2.75) is 26.3 Å². The average molecular weight is 302 g/mol. The van der Waals surface area contributed by atoms with E-state index in [1.807, 2.05) is 20.8 Å². The molecule has 116 valence electrons. The van der Waals surface area contributed by atoms with Crippen LogP contribution in [0.3, 0.4) is 0 Å². The fraction of sp³-hybridized carbons (Fsp3) is 0.385. The maximum Gasteiger partial charge on any atom is 0.246 e. The number of nitrogens with two attached hydrogens (primary N) is 1. The van der Waals surface area contributed by atoms with E-state index in [2.05, 4.69) is 15.6 Å². The van der Waals surface area contributed by atoms with Gasteiger partial charge in [0.1, 0.15) is 6.54 Å². The number of rotatable bonds is 3. The predicted octanol–water partition coefficient (Wildman–Crippen LogP) is 1.75. The molecule has 1 aromatic carbocycles. The Balaban J connectivity index is 2.67. The first-order valence-electron chi connectivity index (χ1n) is 6.11. The number of hydrogen-bond acceptors (Lipinski definition) is 2. The van der Waals surface area contributed by atoms with Crippen molar-refractivity contribution in [1.82, 2.24) is 5.32 Å². The molecule has 0 saturated heterocycles. The van der Waals surface area contributed by atoms with Gasteiger partial charge in [-0.05, 0) is 32.9 Å². The van der Waals surface area contributed by atoms with Gasteiger partial charge < -0.3 is 16.4 Å². The van der Waals surface area contributed by atoms with Crippen LogP contribution < -0.4 is 16.4 Å². The Bertz CT molecular complexity index is 567. The van der Waals surface area contributed by atoms with Gasteiger partial charge in [-0.15, -0.1) is 0 Å². The number of carbonyl (C=O) groups is 1. The minimum absolute atomic E-state index is 0.0448. The van der Waals surface area contributed by atoms with E-state index in [4.69, 9.17) is 5.73 Å². The lowest BCUT2D eigenvalue weighted by atomic mass is 10.1.